The van der Waals surface area contributed by atoms with E-state index in [0.717, 1.165) is 0 Å². The molecule has 2 aromatic carbocycles. The average Bonchev–Trinajstić information content (AvgIpc) is 2.35. The van der Waals surface area contributed by atoms with Crippen molar-refractivity contribution >= 4 is 0 Å². The summed E-state index contributed by atoms with van der Waals surface area (Å²) in [6.07, 6.45) is 0. The van der Waals surface area contributed by atoms with Crippen molar-refractivity contribution < 1.29 is 8.78 Å². The van der Waals surface area contributed by atoms with Gasteiger partial charge in [0.1, 0.15) is 11.6 Å². The molecule has 2 rings (SSSR count). The molecule has 0 heterocycles. The maximum Gasteiger partial charge on any atom is 0.131 e. The smallest absolute Gasteiger partial charge is 0.131 e. The molecule has 0 spiro atoms. The van der Waals surface area contributed by atoms with Crippen molar-refractivity contribution in [2.45, 2.75) is 6.04 Å². The molecule has 0 aliphatic heterocycles. The lowest BCUT2D eigenvalue weighted by Gasteiger charge is -2.18. The number of hydrazine groups is 1. The van der Waals surface area contributed by atoms with Gasteiger partial charge in [-0.3, -0.25) is 5.84 Å². The first-order valence-corrected chi connectivity index (χ1v) is 5.19. The first-order chi connectivity index (χ1) is 8.24. The molecule has 2 nitrogen and oxygen atoms in total. The summed E-state index contributed by atoms with van der Waals surface area (Å²) < 4.78 is 27.3. The van der Waals surface area contributed by atoms with Crippen LogP contribution in [0.5, 0.6) is 0 Å². The van der Waals surface area contributed by atoms with Gasteiger partial charge < -0.3 is 0 Å². The predicted octanol–water partition coefficient (Wildman–Crippen LogP) is 2.52. The Balaban J connectivity index is 2.50. The van der Waals surface area contributed by atoms with Gasteiger partial charge in [0.25, 0.3) is 0 Å². The van der Waals surface area contributed by atoms with Crippen LogP contribution in [-0.2, 0) is 0 Å². The summed E-state index contributed by atoms with van der Waals surface area (Å²) >= 11 is 0. The predicted molar refractivity (Wildman–Crippen MR) is 62.0 cm³/mol. The van der Waals surface area contributed by atoms with Crippen LogP contribution in [0.4, 0.5) is 8.78 Å². The van der Waals surface area contributed by atoms with Crippen LogP contribution in [0, 0.1) is 11.6 Å². The van der Waals surface area contributed by atoms with Gasteiger partial charge in [-0.2, -0.15) is 0 Å². The van der Waals surface area contributed by atoms with Crippen LogP contribution >= 0.6 is 0 Å². The zero-order chi connectivity index (χ0) is 12.3. The minimum Gasteiger partial charge on any atom is -0.271 e. The highest BCUT2D eigenvalue weighted by atomic mass is 19.1. The van der Waals surface area contributed by atoms with Crippen molar-refractivity contribution in [1.29, 1.82) is 0 Å². The molecule has 0 amide bonds. The Hall–Kier alpha value is -1.78. The van der Waals surface area contributed by atoms with E-state index in [4.69, 9.17) is 5.84 Å². The lowest BCUT2D eigenvalue weighted by atomic mass is 9.98. The Labute approximate surface area is 98.0 Å². The summed E-state index contributed by atoms with van der Waals surface area (Å²) in [7, 11) is 0. The van der Waals surface area contributed by atoms with E-state index in [1.54, 1.807) is 24.3 Å². The summed E-state index contributed by atoms with van der Waals surface area (Å²) in [6, 6.07) is 12.0. The van der Waals surface area contributed by atoms with Gasteiger partial charge in [-0.1, -0.05) is 36.4 Å². The monoisotopic (exact) mass is 234 g/mol. The van der Waals surface area contributed by atoms with E-state index >= 15 is 0 Å². The molecule has 0 aromatic heterocycles. The fourth-order valence-electron chi connectivity index (χ4n) is 1.78. The Morgan fingerprint density at radius 2 is 1.47 bits per heavy atom. The van der Waals surface area contributed by atoms with E-state index in [2.05, 4.69) is 5.43 Å². The molecule has 0 unspecified atom stereocenters. The fourth-order valence-corrected chi connectivity index (χ4v) is 1.78. The number of hydrogen-bond acceptors (Lipinski definition) is 2. The summed E-state index contributed by atoms with van der Waals surface area (Å²) in [4.78, 5) is 0. The second-order valence-corrected chi connectivity index (χ2v) is 3.65. The van der Waals surface area contributed by atoms with Crippen molar-refractivity contribution in [2.75, 3.05) is 0 Å². The molecule has 3 N–H and O–H groups in total. The Morgan fingerprint density at radius 3 is 2.00 bits per heavy atom. The molecule has 0 saturated heterocycles. The van der Waals surface area contributed by atoms with Gasteiger partial charge in [-0.25, -0.2) is 14.2 Å². The van der Waals surface area contributed by atoms with E-state index in [-0.39, 0.29) is 5.56 Å². The molecule has 0 fully saturated rings. The van der Waals surface area contributed by atoms with E-state index < -0.39 is 17.7 Å². The fraction of sp³-hybridized carbons (Fsp3) is 0.0769. The van der Waals surface area contributed by atoms with Gasteiger partial charge in [0.15, 0.2) is 0 Å². The molecule has 0 saturated carbocycles. The standard InChI is InChI=1S/C13H12F2N2/c14-10-7-4-8-11(15)12(10)13(17-16)9-5-2-1-3-6-9/h1-8,13,17H,16H2/t13-/m0/s1. The number of benzene rings is 2. The van der Waals surface area contributed by atoms with Crippen LogP contribution in [0.3, 0.4) is 0 Å². The molecule has 0 aliphatic carbocycles. The van der Waals surface area contributed by atoms with Crippen molar-refractivity contribution in [3.8, 4) is 0 Å². The average molecular weight is 234 g/mol. The molecule has 88 valence electrons. The van der Waals surface area contributed by atoms with E-state index in [9.17, 15) is 8.78 Å². The molecule has 1 atom stereocenters. The normalized spacial score (nSPS) is 12.4. The quantitative estimate of drug-likeness (QED) is 0.632. The maximum absolute atomic E-state index is 13.6. The SMILES string of the molecule is NN[C@@H](c1ccccc1)c1c(F)cccc1F. The zero-order valence-electron chi connectivity index (χ0n) is 9.03. The Morgan fingerprint density at radius 1 is 0.882 bits per heavy atom. The molecule has 0 aliphatic rings. The number of halogens is 2. The topological polar surface area (TPSA) is 38.0 Å². The zero-order valence-corrected chi connectivity index (χ0v) is 9.03. The Bertz CT molecular complexity index is 480. The highest BCUT2D eigenvalue weighted by Gasteiger charge is 2.20. The molecule has 2 aromatic rings. The number of hydrogen-bond donors (Lipinski definition) is 2. The summed E-state index contributed by atoms with van der Waals surface area (Å²) in [5, 5.41) is 0. The van der Waals surface area contributed by atoms with E-state index in [1.165, 1.54) is 18.2 Å². The number of nitrogens with two attached hydrogens (primary N) is 1. The van der Waals surface area contributed by atoms with Crippen LogP contribution in [0.25, 0.3) is 0 Å². The lowest BCUT2D eigenvalue weighted by molar-refractivity contribution is 0.510. The van der Waals surface area contributed by atoms with Crippen molar-refractivity contribution in [2.24, 2.45) is 5.84 Å². The Kier molecular flexibility index (Phi) is 3.46. The van der Waals surface area contributed by atoms with E-state index in [1.807, 2.05) is 6.07 Å². The van der Waals surface area contributed by atoms with Crippen LogP contribution in [0.1, 0.15) is 17.2 Å². The second kappa shape index (κ2) is 5.03. The minimum atomic E-state index is -0.697. The van der Waals surface area contributed by atoms with E-state index in [0.29, 0.717) is 5.56 Å². The van der Waals surface area contributed by atoms with Crippen molar-refractivity contribution in [3.63, 3.8) is 0 Å². The largest absolute Gasteiger partial charge is 0.271 e. The van der Waals surface area contributed by atoms with Crippen LogP contribution in [0.2, 0.25) is 0 Å². The van der Waals surface area contributed by atoms with Gasteiger partial charge in [-0.05, 0) is 17.7 Å². The minimum absolute atomic E-state index is 0.0683. The molecule has 17 heavy (non-hydrogen) atoms. The van der Waals surface area contributed by atoms with Crippen molar-refractivity contribution in [3.05, 3.63) is 71.3 Å². The first-order valence-electron chi connectivity index (χ1n) is 5.19. The van der Waals surface area contributed by atoms with Gasteiger partial charge >= 0.3 is 0 Å². The summed E-state index contributed by atoms with van der Waals surface area (Å²) in [5.41, 5.74) is 3.08. The lowest BCUT2D eigenvalue weighted by Crippen LogP contribution is -2.30. The molecule has 0 radical (unpaired) electrons. The van der Waals surface area contributed by atoms with Gasteiger partial charge in [0.05, 0.1) is 6.04 Å². The summed E-state index contributed by atoms with van der Waals surface area (Å²) in [6.45, 7) is 0. The first kappa shape index (κ1) is 11.7. The highest BCUT2D eigenvalue weighted by molar-refractivity contribution is 5.33. The van der Waals surface area contributed by atoms with Gasteiger partial charge in [-0.15, -0.1) is 0 Å². The van der Waals surface area contributed by atoms with Gasteiger partial charge in [0, 0.05) is 5.56 Å². The van der Waals surface area contributed by atoms with Crippen LogP contribution in [-0.4, -0.2) is 0 Å². The third-order valence-electron chi connectivity index (χ3n) is 2.59. The van der Waals surface area contributed by atoms with Crippen molar-refractivity contribution in [1.82, 2.24) is 5.43 Å². The van der Waals surface area contributed by atoms with Crippen LogP contribution < -0.4 is 11.3 Å². The molecule has 0 bridgehead atoms. The second-order valence-electron chi connectivity index (χ2n) is 3.65. The molecular formula is C13H12F2N2. The highest BCUT2D eigenvalue weighted by Crippen LogP contribution is 2.25. The third kappa shape index (κ3) is 2.33. The molecular weight excluding hydrogens is 222 g/mol. The van der Waals surface area contributed by atoms with Crippen LogP contribution in [0.15, 0.2) is 48.5 Å². The molecule has 4 heteroatoms. The third-order valence-corrected chi connectivity index (χ3v) is 2.59. The number of rotatable bonds is 3. The maximum atomic E-state index is 13.6. The van der Waals surface area contributed by atoms with Gasteiger partial charge in [0.2, 0.25) is 0 Å². The summed E-state index contributed by atoms with van der Waals surface area (Å²) in [5.74, 6) is 4.16. The number of nitrogens with one attached hydrogen (secondary N) is 1.